The minimum atomic E-state index is -3.58. The molecular weight excluding hydrogens is 424 g/mol. The highest BCUT2D eigenvalue weighted by Crippen LogP contribution is 2.27. The van der Waals surface area contributed by atoms with Crippen molar-refractivity contribution >= 4 is 15.9 Å². The second kappa shape index (κ2) is 8.88. The average molecular weight is 453 g/mol. The Labute approximate surface area is 189 Å². The van der Waals surface area contributed by atoms with E-state index in [2.05, 4.69) is 5.32 Å². The number of benzene rings is 2. The molecule has 0 aliphatic heterocycles. The molecule has 1 amide bonds. The number of aromatic nitrogens is 2. The van der Waals surface area contributed by atoms with E-state index in [9.17, 15) is 13.2 Å². The number of hydrogen-bond acceptors (Lipinski definition) is 4. The third kappa shape index (κ3) is 4.20. The van der Waals surface area contributed by atoms with E-state index in [-0.39, 0.29) is 16.8 Å². The monoisotopic (exact) mass is 452 g/mol. The highest BCUT2D eigenvalue weighted by Gasteiger charge is 2.25. The van der Waals surface area contributed by atoms with Gasteiger partial charge in [0.15, 0.2) is 0 Å². The zero-order chi connectivity index (χ0) is 22.9. The van der Waals surface area contributed by atoms with E-state index < -0.39 is 10.0 Å². The van der Waals surface area contributed by atoms with Gasteiger partial charge in [-0.05, 0) is 75.1 Å². The van der Waals surface area contributed by atoms with Crippen LogP contribution in [0, 0.1) is 0 Å². The van der Waals surface area contributed by atoms with Crippen molar-refractivity contribution < 1.29 is 13.2 Å². The van der Waals surface area contributed by atoms with E-state index in [0.717, 1.165) is 30.6 Å². The van der Waals surface area contributed by atoms with Gasteiger partial charge in [-0.25, -0.2) is 13.1 Å². The number of sulfonamides is 1. The van der Waals surface area contributed by atoms with E-state index >= 15 is 0 Å². The van der Waals surface area contributed by atoms with Crippen LogP contribution in [-0.2, 0) is 29.4 Å². The van der Waals surface area contributed by atoms with Crippen LogP contribution in [0.4, 0.5) is 0 Å². The fourth-order valence-electron chi connectivity index (χ4n) is 3.93. The van der Waals surface area contributed by atoms with Crippen LogP contribution in [0.3, 0.4) is 0 Å². The van der Waals surface area contributed by atoms with Gasteiger partial charge in [0, 0.05) is 24.3 Å². The highest BCUT2D eigenvalue weighted by atomic mass is 32.2. The molecule has 0 fully saturated rings. The molecule has 1 aliphatic carbocycles. The molecule has 8 heteroatoms. The Hall–Kier alpha value is -2.97. The number of para-hydroxylation sites is 1. The molecule has 3 aromatic rings. The van der Waals surface area contributed by atoms with Gasteiger partial charge in [0.05, 0.1) is 22.8 Å². The predicted molar refractivity (Wildman–Crippen MR) is 123 cm³/mol. The molecule has 0 spiro atoms. The Morgan fingerprint density at radius 1 is 1.09 bits per heavy atom. The van der Waals surface area contributed by atoms with Gasteiger partial charge in [-0.1, -0.05) is 18.2 Å². The lowest BCUT2D eigenvalue weighted by Gasteiger charge is -2.21. The number of hydrogen-bond donors (Lipinski definition) is 1. The summed E-state index contributed by atoms with van der Waals surface area (Å²) < 4.78 is 28.5. The molecule has 4 rings (SSSR count). The third-order valence-corrected chi connectivity index (χ3v) is 8.00. The quantitative estimate of drug-likeness (QED) is 0.596. The van der Waals surface area contributed by atoms with Gasteiger partial charge < -0.3 is 5.32 Å². The number of nitrogens with zero attached hydrogens (tertiary/aromatic N) is 3. The van der Waals surface area contributed by atoms with Crippen LogP contribution in [0.15, 0.2) is 59.5 Å². The first kappa shape index (κ1) is 22.2. The lowest BCUT2D eigenvalue weighted by atomic mass is 10.2. The normalized spacial score (nSPS) is 13.5. The first-order valence-electron chi connectivity index (χ1n) is 10.8. The third-order valence-electron chi connectivity index (χ3n) is 5.95. The summed E-state index contributed by atoms with van der Waals surface area (Å²) in [7, 11) is -2.03. The Morgan fingerprint density at radius 2 is 1.78 bits per heavy atom. The zero-order valence-corrected chi connectivity index (χ0v) is 19.4. The minimum absolute atomic E-state index is 0.152. The van der Waals surface area contributed by atoms with Gasteiger partial charge in [0.25, 0.3) is 5.91 Å². The Bertz CT molecular complexity index is 1220. The van der Waals surface area contributed by atoms with Gasteiger partial charge >= 0.3 is 0 Å². The van der Waals surface area contributed by atoms with E-state index in [0.29, 0.717) is 12.1 Å². The van der Waals surface area contributed by atoms with E-state index in [1.807, 2.05) is 48.9 Å². The predicted octanol–water partition coefficient (Wildman–Crippen LogP) is 3.32. The molecule has 0 saturated carbocycles. The number of nitrogens with one attached hydrogen (secondary N) is 1. The number of carbonyl (C=O) groups is 1. The molecular formula is C24H28N4O3S. The summed E-state index contributed by atoms with van der Waals surface area (Å²) in [5.41, 5.74) is 4.74. The Kier molecular flexibility index (Phi) is 6.17. The van der Waals surface area contributed by atoms with E-state index in [1.54, 1.807) is 19.2 Å². The Morgan fingerprint density at radius 3 is 2.44 bits per heavy atom. The maximum atomic E-state index is 12.7. The van der Waals surface area contributed by atoms with Crippen LogP contribution in [0.5, 0.6) is 0 Å². The largest absolute Gasteiger partial charge is 0.346 e. The molecule has 1 N–H and O–H groups in total. The van der Waals surface area contributed by atoms with E-state index in [1.165, 1.54) is 27.7 Å². The minimum Gasteiger partial charge on any atom is -0.346 e. The summed E-state index contributed by atoms with van der Waals surface area (Å²) >= 11 is 0. The molecule has 1 aromatic heterocycles. The molecule has 0 atom stereocenters. The van der Waals surface area contributed by atoms with Crippen molar-refractivity contribution in [2.45, 2.75) is 50.6 Å². The molecule has 1 aliphatic rings. The SMILES string of the molecule is CC(C)N(C)S(=O)(=O)c1ccc(C(=O)NCc2nn(-c3ccccc3)c3c2CCC3)cc1. The van der Waals surface area contributed by atoms with Crippen LogP contribution in [-0.4, -0.2) is 41.5 Å². The maximum Gasteiger partial charge on any atom is 0.251 e. The second-order valence-corrected chi connectivity index (χ2v) is 10.3. The molecule has 168 valence electrons. The number of rotatable bonds is 7. The molecule has 0 bridgehead atoms. The summed E-state index contributed by atoms with van der Waals surface area (Å²) in [6.45, 7) is 3.96. The summed E-state index contributed by atoms with van der Waals surface area (Å²) in [6, 6.07) is 15.9. The van der Waals surface area contributed by atoms with Crippen molar-refractivity contribution in [2.75, 3.05) is 7.05 Å². The van der Waals surface area contributed by atoms with Crippen molar-refractivity contribution in [3.8, 4) is 5.69 Å². The fourth-order valence-corrected chi connectivity index (χ4v) is 5.29. The smallest absolute Gasteiger partial charge is 0.251 e. The van der Waals surface area contributed by atoms with Crippen molar-refractivity contribution in [1.82, 2.24) is 19.4 Å². The molecule has 0 radical (unpaired) electrons. The molecule has 7 nitrogen and oxygen atoms in total. The summed E-state index contributed by atoms with van der Waals surface area (Å²) in [4.78, 5) is 12.9. The average Bonchev–Trinajstić information content (AvgIpc) is 3.41. The van der Waals surface area contributed by atoms with Crippen LogP contribution in [0.1, 0.15) is 47.6 Å². The van der Waals surface area contributed by atoms with Crippen molar-refractivity contribution in [3.63, 3.8) is 0 Å². The summed E-state index contributed by atoms with van der Waals surface area (Å²) in [6.07, 6.45) is 3.02. The lowest BCUT2D eigenvalue weighted by Crippen LogP contribution is -2.33. The zero-order valence-electron chi connectivity index (χ0n) is 18.6. The van der Waals surface area contributed by atoms with Crippen LogP contribution < -0.4 is 5.32 Å². The van der Waals surface area contributed by atoms with Crippen LogP contribution >= 0.6 is 0 Å². The lowest BCUT2D eigenvalue weighted by molar-refractivity contribution is 0.0950. The summed E-state index contributed by atoms with van der Waals surface area (Å²) in [5, 5.41) is 7.70. The first-order chi connectivity index (χ1) is 15.3. The number of amides is 1. The van der Waals surface area contributed by atoms with Gasteiger partial charge in [0.1, 0.15) is 0 Å². The van der Waals surface area contributed by atoms with Gasteiger partial charge in [-0.15, -0.1) is 0 Å². The van der Waals surface area contributed by atoms with Gasteiger partial charge in [-0.3, -0.25) is 4.79 Å². The first-order valence-corrected chi connectivity index (χ1v) is 12.2. The second-order valence-electron chi connectivity index (χ2n) is 8.29. The standard InChI is InChI=1S/C24H28N4O3S/c1-17(2)27(3)32(30,31)20-14-12-18(13-15-20)24(29)25-16-22-21-10-7-11-23(21)28(26-22)19-8-5-4-6-9-19/h4-6,8-9,12-15,17H,7,10-11,16H2,1-3H3,(H,25,29). The molecule has 32 heavy (non-hydrogen) atoms. The molecule has 2 aromatic carbocycles. The molecule has 1 heterocycles. The van der Waals surface area contributed by atoms with E-state index in [4.69, 9.17) is 5.10 Å². The van der Waals surface area contributed by atoms with Gasteiger partial charge in [0.2, 0.25) is 10.0 Å². The highest BCUT2D eigenvalue weighted by molar-refractivity contribution is 7.89. The molecule has 0 saturated heterocycles. The summed E-state index contributed by atoms with van der Waals surface area (Å²) in [5.74, 6) is -0.257. The fraction of sp³-hybridized carbons (Fsp3) is 0.333. The maximum absolute atomic E-state index is 12.7. The Balaban J connectivity index is 1.48. The molecule has 0 unspecified atom stereocenters. The van der Waals surface area contributed by atoms with Crippen molar-refractivity contribution in [3.05, 3.63) is 77.1 Å². The van der Waals surface area contributed by atoms with Crippen LogP contribution in [0.2, 0.25) is 0 Å². The number of fused-ring (bicyclic) bond motifs is 1. The van der Waals surface area contributed by atoms with Gasteiger partial charge in [-0.2, -0.15) is 9.40 Å². The number of carbonyl (C=O) groups excluding carboxylic acids is 1. The topological polar surface area (TPSA) is 84.3 Å². The van der Waals surface area contributed by atoms with Crippen LogP contribution in [0.25, 0.3) is 5.69 Å². The van der Waals surface area contributed by atoms with Crippen molar-refractivity contribution in [2.24, 2.45) is 0 Å². The van der Waals surface area contributed by atoms with Crippen molar-refractivity contribution in [1.29, 1.82) is 0 Å².